The number of halogens is 1. The number of anilines is 1. The summed E-state index contributed by atoms with van der Waals surface area (Å²) in [6, 6.07) is 3.91. The van der Waals surface area contributed by atoms with Crippen LogP contribution in [0.1, 0.15) is 18.9 Å². The van der Waals surface area contributed by atoms with Gasteiger partial charge in [0.05, 0.1) is 0 Å². The van der Waals surface area contributed by atoms with Gasteiger partial charge in [0, 0.05) is 18.7 Å². The summed E-state index contributed by atoms with van der Waals surface area (Å²) in [6.07, 6.45) is -0.0144. The zero-order valence-electron chi connectivity index (χ0n) is 10.9. The first-order valence-corrected chi connectivity index (χ1v) is 5.91. The monoisotopic (exact) mass is 268 g/mol. The SMILES string of the molecule is Cc1ccc(NC(=O)NCC(C)CC(=O)O)cc1F. The maximum atomic E-state index is 13.3. The summed E-state index contributed by atoms with van der Waals surface area (Å²) in [4.78, 5) is 22.0. The minimum atomic E-state index is -0.907. The molecule has 0 aliphatic rings. The molecule has 1 rings (SSSR count). The van der Waals surface area contributed by atoms with E-state index in [1.165, 1.54) is 6.07 Å². The number of carboxylic acid groups (broad SMARTS) is 1. The Labute approximate surface area is 110 Å². The molecule has 0 heterocycles. The minimum Gasteiger partial charge on any atom is -0.481 e. The molecule has 1 atom stereocenters. The maximum absolute atomic E-state index is 13.3. The topological polar surface area (TPSA) is 78.4 Å². The molecule has 1 aromatic carbocycles. The van der Waals surface area contributed by atoms with Crippen molar-refractivity contribution >= 4 is 17.7 Å². The van der Waals surface area contributed by atoms with Gasteiger partial charge in [0.25, 0.3) is 0 Å². The van der Waals surface area contributed by atoms with E-state index in [1.54, 1.807) is 26.0 Å². The van der Waals surface area contributed by atoms with Crippen molar-refractivity contribution in [3.05, 3.63) is 29.6 Å². The number of carboxylic acids is 1. The Kier molecular flexibility index (Phi) is 5.29. The second kappa shape index (κ2) is 6.72. The second-order valence-electron chi connectivity index (χ2n) is 4.50. The van der Waals surface area contributed by atoms with Crippen LogP contribution in [-0.4, -0.2) is 23.7 Å². The fourth-order valence-corrected chi connectivity index (χ4v) is 1.48. The third-order valence-electron chi connectivity index (χ3n) is 2.56. The molecule has 0 bridgehead atoms. The van der Waals surface area contributed by atoms with Gasteiger partial charge in [-0.15, -0.1) is 0 Å². The molecular formula is C13H17FN2O3. The van der Waals surface area contributed by atoms with E-state index in [1.807, 2.05) is 0 Å². The standard InChI is InChI=1S/C13H17FN2O3/c1-8(5-12(17)18)7-15-13(19)16-10-4-3-9(2)11(14)6-10/h3-4,6,8H,5,7H2,1-2H3,(H,17,18)(H2,15,16,19). The highest BCUT2D eigenvalue weighted by Gasteiger charge is 2.09. The molecule has 0 radical (unpaired) electrons. The van der Waals surface area contributed by atoms with Gasteiger partial charge in [-0.05, 0) is 30.5 Å². The maximum Gasteiger partial charge on any atom is 0.319 e. The van der Waals surface area contributed by atoms with Crippen molar-refractivity contribution in [1.29, 1.82) is 0 Å². The summed E-state index contributed by atoms with van der Waals surface area (Å²) < 4.78 is 13.3. The molecule has 19 heavy (non-hydrogen) atoms. The number of rotatable bonds is 5. The molecule has 0 fully saturated rings. The summed E-state index contributed by atoms with van der Waals surface area (Å²) in [7, 11) is 0. The van der Waals surface area contributed by atoms with Gasteiger partial charge in [0.2, 0.25) is 0 Å². The number of carbonyl (C=O) groups excluding carboxylic acids is 1. The first-order valence-electron chi connectivity index (χ1n) is 5.91. The molecule has 0 aliphatic heterocycles. The number of hydrogen-bond acceptors (Lipinski definition) is 2. The van der Waals surface area contributed by atoms with Gasteiger partial charge < -0.3 is 15.7 Å². The highest BCUT2D eigenvalue weighted by molar-refractivity contribution is 5.89. The molecule has 0 saturated carbocycles. The van der Waals surface area contributed by atoms with Crippen LogP contribution in [0.4, 0.5) is 14.9 Å². The van der Waals surface area contributed by atoms with Crippen molar-refractivity contribution in [2.75, 3.05) is 11.9 Å². The molecule has 5 nitrogen and oxygen atoms in total. The lowest BCUT2D eigenvalue weighted by atomic mass is 10.1. The number of aliphatic carboxylic acids is 1. The summed E-state index contributed by atoms with van der Waals surface area (Å²) in [5, 5.41) is 13.6. The zero-order valence-corrected chi connectivity index (χ0v) is 10.9. The molecule has 2 amide bonds. The lowest BCUT2D eigenvalue weighted by Crippen LogP contribution is -2.33. The van der Waals surface area contributed by atoms with E-state index in [0.717, 1.165) is 0 Å². The van der Waals surface area contributed by atoms with Crippen LogP contribution in [0.5, 0.6) is 0 Å². The van der Waals surface area contributed by atoms with Crippen molar-refractivity contribution in [3.63, 3.8) is 0 Å². The number of urea groups is 1. The average Bonchev–Trinajstić information content (AvgIpc) is 2.30. The number of nitrogens with one attached hydrogen (secondary N) is 2. The molecule has 0 saturated heterocycles. The molecule has 1 aromatic rings. The van der Waals surface area contributed by atoms with Gasteiger partial charge in [-0.2, -0.15) is 0 Å². The number of amides is 2. The highest BCUT2D eigenvalue weighted by atomic mass is 19.1. The molecule has 1 unspecified atom stereocenters. The quantitative estimate of drug-likeness (QED) is 0.767. The van der Waals surface area contributed by atoms with Gasteiger partial charge >= 0.3 is 12.0 Å². The van der Waals surface area contributed by atoms with Crippen molar-refractivity contribution in [3.8, 4) is 0 Å². The molecule has 0 aliphatic carbocycles. The molecule has 104 valence electrons. The lowest BCUT2D eigenvalue weighted by Gasteiger charge is -2.11. The van der Waals surface area contributed by atoms with E-state index in [-0.39, 0.29) is 18.9 Å². The lowest BCUT2D eigenvalue weighted by molar-refractivity contribution is -0.137. The summed E-state index contributed by atoms with van der Waals surface area (Å²) >= 11 is 0. The van der Waals surface area contributed by atoms with E-state index >= 15 is 0 Å². The Morgan fingerprint density at radius 3 is 2.68 bits per heavy atom. The fourth-order valence-electron chi connectivity index (χ4n) is 1.48. The molecule has 0 spiro atoms. The molecule has 0 aromatic heterocycles. The molecule has 6 heteroatoms. The van der Waals surface area contributed by atoms with Crippen molar-refractivity contribution in [1.82, 2.24) is 5.32 Å². The van der Waals surface area contributed by atoms with E-state index in [4.69, 9.17) is 5.11 Å². The van der Waals surface area contributed by atoms with Crippen LogP contribution >= 0.6 is 0 Å². The Morgan fingerprint density at radius 1 is 1.42 bits per heavy atom. The third kappa shape index (κ3) is 5.37. The van der Waals surface area contributed by atoms with Crippen LogP contribution < -0.4 is 10.6 Å². The normalized spacial score (nSPS) is 11.7. The van der Waals surface area contributed by atoms with Crippen LogP contribution in [0.3, 0.4) is 0 Å². The number of carbonyl (C=O) groups is 2. The zero-order chi connectivity index (χ0) is 14.4. The Bertz CT molecular complexity index is 477. The number of hydrogen-bond donors (Lipinski definition) is 3. The number of aryl methyl sites for hydroxylation is 1. The summed E-state index contributed by atoms with van der Waals surface area (Å²) in [6.45, 7) is 3.60. The largest absolute Gasteiger partial charge is 0.481 e. The first kappa shape index (κ1) is 14.9. The van der Waals surface area contributed by atoms with Crippen LogP contribution in [0.2, 0.25) is 0 Å². The molecule has 3 N–H and O–H groups in total. The predicted octanol–water partition coefficient (Wildman–Crippen LogP) is 2.37. The second-order valence-corrected chi connectivity index (χ2v) is 4.50. The Hall–Kier alpha value is -2.11. The van der Waals surface area contributed by atoms with E-state index in [0.29, 0.717) is 11.3 Å². The Balaban J connectivity index is 2.42. The van der Waals surface area contributed by atoms with Gasteiger partial charge in [0.15, 0.2) is 0 Å². The van der Waals surface area contributed by atoms with Crippen LogP contribution in [-0.2, 0) is 4.79 Å². The van der Waals surface area contributed by atoms with E-state index in [9.17, 15) is 14.0 Å². The smallest absolute Gasteiger partial charge is 0.319 e. The fraction of sp³-hybridized carbons (Fsp3) is 0.385. The van der Waals surface area contributed by atoms with Gasteiger partial charge in [-0.1, -0.05) is 13.0 Å². The highest BCUT2D eigenvalue weighted by Crippen LogP contribution is 2.13. The minimum absolute atomic E-state index is 0.0144. The molecular weight excluding hydrogens is 251 g/mol. The number of benzene rings is 1. The van der Waals surface area contributed by atoms with Crippen molar-refractivity contribution in [2.45, 2.75) is 20.3 Å². The van der Waals surface area contributed by atoms with Crippen LogP contribution in [0, 0.1) is 18.7 Å². The van der Waals surface area contributed by atoms with E-state index in [2.05, 4.69) is 10.6 Å². The average molecular weight is 268 g/mol. The predicted molar refractivity (Wildman–Crippen MR) is 69.6 cm³/mol. The Morgan fingerprint density at radius 2 is 2.11 bits per heavy atom. The van der Waals surface area contributed by atoms with E-state index < -0.39 is 17.8 Å². The van der Waals surface area contributed by atoms with Crippen molar-refractivity contribution in [2.24, 2.45) is 5.92 Å². The van der Waals surface area contributed by atoms with Crippen LogP contribution in [0.25, 0.3) is 0 Å². The summed E-state index contributed by atoms with van der Waals surface area (Å²) in [5.74, 6) is -1.47. The van der Waals surface area contributed by atoms with Gasteiger partial charge in [-0.25, -0.2) is 9.18 Å². The summed E-state index contributed by atoms with van der Waals surface area (Å²) in [5.41, 5.74) is 0.854. The first-order chi connectivity index (χ1) is 8.88. The van der Waals surface area contributed by atoms with Gasteiger partial charge in [0.1, 0.15) is 5.82 Å². The third-order valence-corrected chi connectivity index (χ3v) is 2.56. The van der Waals surface area contributed by atoms with Gasteiger partial charge in [-0.3, -0.25) is 4.79 Å². The van der Waals surface area contributed by atoms with Crippen LogP contribution in [0.15, 0.2) is 18.2 Å². The van der Waals surface area contributed by atoms with Crippen molar-refractivity contribution < 1.29 is 19.1 Å².